The lowest BCUT2D eigenvalue weighted by Crippen LogP contribution is -2.58. The molecule has 4 atom stereocenters. The molecule has 1 rings (SSSR count). The fraction of sp³-hybridized carbons (Fsp3) is 0.450. The Bertz CT molecular complexity index is 885. The lowest BCUT2D eigenvalue weighted by Gasteiger charge is -2.23. The number of carboxylic acid groups (broad SMARTS) is 1. The normalized spacial score (nSPS) is 14.2. The van der Waals surface area contributed by atoms with Gasteiger partial charge in [-0.05, 0) is 30.5 Å². The summed E-state index contributed by atoms with van der Waals surface area (Å²) in [5.74, 6) is -4.54. The van der Waals surface area contributed by atoms with Gasteiger partial charge in [0.1, 0.15) is 23.9 Å². The predicted molar refractivity (Wildman–Crippen MR) is 129 cm³/mol. The zero-order valence-electron chi connectivity index (χ0n) is 18.1. The molecule has 9 N–H and O–H groups in total. The van der Waals surface area contributed by atoms with Crippen LogP contribution in [-0.2, 0) is 30.4 Å². The van der Waals surface area contributed by atoms with E-state index in [1.807, 2.05) is 0 Å². The van der Waals surface area contributed by atoms with Crippen LogP contribution in [0.15, 0.2) is 24.3 Å². The molecule has 188 valence electrons. The average Bonchev–Trinajstić information content (AvgIpc) is 2.78. The molecule has 0 bridgehead atoms. The van der Waals surface area contributed by atoms with Gasteiger partial charge in [-0.15, -0.1) is 0 Å². The SMILES string of the molecule is NC(=O)CCC(NC(=O)C(CS)NC(=O)C(CS)NC(=O)C(N)Cc1ccc(O)cc1)C(=O)O. The maximum absolute atomic E-state index is 12.6. The molecule has 12 nitrogen and oxygen atoms in total. The Morgan fingerprint density at radius 3 is 1.76 bits per heavy atom. The molecule has 0 heterocycles. The maximum Gasteiger partial charge on any atom is 0.326 e. The largest absolute Gasteiger partial charge is 0.508 e. The van der Waals surface area contributed by atoms with E-state index in [-0.39, 0.29) is 36.5 Å². The standard InChI is InChI=1S/C20H29N5O7S2/c21-12(7-10-1-3-11(26)4-2-10)17(28)24-14(8-33)19(30)25-15(9-34)18(29)23-13(20(31)32)5-6-16(22)27/h1-4,12-15,26,33-34H,5-9,21H2,(H2,22,27)(H,23,29)(H,24,28)(H,25,30)(H,31,32). The van der Waals surface area contributed by atoms with Crippen molar-refractivity contribution < 1.29 is 34.2 Å². The van der Waals surface area contributed by atoms with Gasteiger partial charge in [-0.3, -0.25) is 19.2 Å². The van der Waals surface area contributed by atoms with E-state index in [4.69, 9.17) is 11.5 Å². The van der Waals surface area contributed by atoms with Crippen molar-refractivity contribution in [2.24, 2.45) is 11.5 Å². The quantitative estimate of drug-likeness (QED) is 0.125. The summed E-state index contributed by atoms with van der Waals surface area (Å²) in [6, 6.07) is 1.37. The predicted octanol–water partition coefficient (Wildman–Crippen LogP) is -2.07. The van der Waals surface area contributed by atoms with Gasteiger partial charge in [-0.1, -0.05) is 12.1 Å². The van der Waals surface area contributed by atoms with Crippen molar-refractivity contribution in [3.8, 4) is 5.75 Å². The third-order valence-corrected chi connectivity index (χ3v) is 5.38. The average molecular weight is 516 g/mol. The summed E-state index contributed by atoms with van der Waals surface area (Å²) in [4.78, 5) is 59.7. The zero-order valence-corrected chi connectivity index (χ0v) is 19.9. The number of amides is 4. The summed E-state index contributed by atoms with van der Waals surface area (Å²) >= 11 is 8.07. The smallest absolute Gasteiger partial charge is 0.326 e. The molecule has 4 unspecified atom stereocenters. The number of carbonyl (C=O) groups excluding carboxylic acids is 4. The minimum Gasteiger partial charge on any atom is -0.508 e. The van der Waals surface area contributed by atoms with Crippen molar-refractivity contribution >= 4 is 54.9 Å². The topological polar surface area (TPSA) is 214 Å². The Kier molecular flexibility index (Phi) is 12.2. The van der Waals surface area contributed by atoms with Crippen LogP contribution in [0.4, 0.5) is 0 Å². The summed E-state index contributed by atoms with van der Waals surface area (Å²) in [6.07, 6.45) is -0.332. The number of rotatable bonds is 14. The fourth-order valence-electron chi connectivity index (χ4n) is 2.73. The Morgan fingerprint density at radius 1 is 0.853 bits per heavy atom. The van der Waals surface area contributed by atoms with Gasteiger partial charge >= 0.3 is 5.97 Å². The van der Waals surface area contributed by atoms with E-state index in [0.717, 1.165) is 0 Å². The molecule has 0 radical (unpaired) electrons. The molecule has 1 aromatic carbocycles. The van der Waals surface area contributed by atoms with Gasteiger partial charge in [0.2, 0.25) is 23.6 Å². The number of nitrogens with two attached hydrogens (primary N) is 2. The molecule has 0 aromatic heterocycles. The summed E-state index contributed by atoms with van der Waals surface area (Å²) in [6.45, 7) is 0. The molecule has 0 saturated carbocycles. The van der Waals surface area contributed by atoms with Crippen LogP contribution in [0.5, 0.6) is 5.75 Å². The molecule has 4 amide bonds. The Balaban J connectivity index is 2.71. The first-order valence-corrected chi connectivity index (χ1v) is 11.4. The number of hydrogen-bond donors (Lipinski definition) is 9. The van der Waals surface area contributed by atoms with Gasteiger partial charge in [0.25, 0.3) is 0 Å². The third kappa shape index (κ3) is 9.89. The number of benzene rings is 1. The molecule has 0 spiro atoms. The molecule has 1 aromatic rings. The summed E-state index contributed by atoms with van der Waals surface area (Å²) in [5, 5.41) is 25.6. The molecule has 0 aliphatic heterocycles. The molecular weight excluding hydrogens is 486 g/mol. The number of thiol groups is 2. The van der Waals surface area contributed by atoms with Gasteiger partial charge in [-0.25, -0.2) is 4.79 Å². The van der Waals surface area contributed by atoms with Crippen LogP contribution in [0.1, 0.15) is 18.4 Å². The Morgan fingerprint density at radius 2 is 1.32 bits per heavy atom. The van der Waals surface area contributed by atoms with E-state index < -0.39 is 53.8 Å². The first-order valence-electron chi connectivity index (χ1n) is 10.2. The van der Waals surface area contributed by atoms with Crippen LogP contribution in [0.3, 0.4) is 0 Å². The van der Waals surface area contributed by atoms with Gasteiger partial charge in [0.05, 0.1) is 6.04 Å². The molecule has 0 aliphatic rings. The van der Waals surface area contributed by atoms with E-state index in [0.29, 0.717) is 5.56 Å². The van der Waals surface area contributed by atoms with Gasteiger partial charge in [0, 0.05) is 17.9 Å². The third-order valence-electron chi connectivity index (χ3n) is 4.65. The summed E-state index contributed by atoms with van der Waals surface area (Å²) in [7, 11) is 0. The zero-order chi connectivity index (χ0) is 25.8. The van der Waals surface area contributed by atoms with Crippen molar-refractivity contribution in [3.05, 3.63) is 29.8 Å². The first-order chi connectivity index (χ1) is 16.0. The molecule has 0 fully saturated rings. The number of phenols is 1. The second kappa shape index (κ2) is 14.3. The molecule has 0 saturated heterocycles. The Hall–Kier alpha value is -2.97. The van der Waals surface area contributed by atoms with Crippen LogP contribution in [0.2, 0.25) is 0 Å². The number of phenolic OH excluding ortho intramolecular Hbond substituents is 1. The van der Waals surface area contributed by atoms with Crippen molar-refractivity contribution in [2.75, 3.05) is 11.5 Å². The fourth-order valence-corrected chi connectivity index (χ4v) is 3.25. The van der Waals surface area contributed by atoms with E-state index in [2.05, 4.69) is 41.2 Å². The molecule has 34 heavy (non-hydrogen) atoms. The van der Waals surface area contributed by atoms with Crippen LogP contribution in [-0.4, -0.2) is 75.5 Å². The van der Waals surface area contributed by atoms with E-state index in [9.17, 15) is 34.2 Å². The molecule has 0 aliphatic carbocycles. The minimum atomic E-state index is -1.39. The highest BCUT2D eigenvalue weighted by molar-refractivity contribution is 7.80. The highest BCUT2D eigenvalue weighted by Crippen LogP contribution is 2.11. The second-order valence-electron chi connectivity index (χ2n) is 7.37. The highest BCUT2D eigenvalue weighted by atomic mass is 32.1. The van der Waals surface area contributed by atoms with Gasteiger partial charge in [-0.2, -0.15) is 25.3 Å². The van der Waals surface area contributed by atoms with E-state index in [1.54, 1.807) is 12.1 Å². The lowest BCUT2D eigenvalue weighted by atomic mass is 10.1. The van der Waals surface area contributed by atoms with Crippen LogP contribution >= 0.6 is 25.3 Å². The minimum absolute atomic E-state index is 0.0684. The number of primary amides is 1. The van der Waals surface area contributed by atoms with Gasteiger partial charge < -0.3 is 37.6 Å². The maximum atomic E-state index is 12.6. The molecular formula is C20H29N5O7S2. The van der Waals surface area contributed by atoms with Crippen molar-refractivity contribution in [1.82, 2.24) is 16.0 Å². The van der Waals surface area contributed by atoms with Crippen molar-refractivity contribution in [3.63, 3.8) is 0 Å². The van der Waals surface area contributed by atoms with Gasteiger partial charge in [0.15, 0.2) is 0 Å². The number of nitrogens with one attached hydrogen (secondary N) is 3. The van der Waals surface area contributed by atoms with Crippen molar-refractivity contribution in [1.29, 1.82) is 0 Å². The van der Waals surface area contributed by atoms with Crippen LogP contribution < -0.4 is 27.4 Å². The van der Waals surface area contributed by atoms with Crippen molar-refractivity contribution in [2.45, 2.75) is 43.4 Å². The van der Waals surface area contributed by atoms with Crippen LogP contribution in [0, 0.1) is 0 Å². The number of aromatic hydroxyl groups is 1. The number of carboxylic acids is 1. The highest BCUT2D eigenvalue weighted by Gasteiger charge is 2.29. The number of aliphatic carboxylic acids is 1. The van der Waals surface area contributed by atoms with E-state index >= 15 is 0 Å². The second-order valence-corrected chi connectivity index (χ2v) is 8.10. The first kappa shape index (κ1) is 29.1. The molecule has 14 heteroatoms. The number of carbonyl (C=O) groups is 5. The van der Waals surface area contributed by atoms with E-state index in [1.165, 1.54) is 12.1 Å². The lowest BCUT2D eigenvalue weighted by molar-refractivity contribution is -0.142. The summed E-state index contributed by atoms with van der Waals surface area (Å²) in [5.41, 5.74) is 11.6. The number of hydrogen-bond acceptors (Lipinski definition) is 9. The Labute approximate surface area is 207 Å². The monoisotopic (exact) mass is 515 g/mol. The van der Waals surface area contributed by atoms with Crippen LogP contribution in [0.25, 0.3) is 0 Å². The summed E-state index contributed by atoms with van der Waals surface area (Å²) < 4.78 is 0.